The quantitative estimate of drug-likeness (QED) is 0.263. The lowest BCUT2D eigenvalue weighted by atomic mass is 10.00. The molecule has 0 spiro atoms. The lowest BCUT2D eigenvalue weighted by molar-refractivity contribution is -0.184. The van der Waals surface area contributed by atoms with Crippen molar-refractivity contribution in [3.63, 3.8) is 0 Å². The lowest BCUT2D eigenvalue weighted by Gasteiger charge is -2.27. The van der Waals surface area contributed by atoms with Gasteiger partial charge < -0.3 is 30.8 Å². The van der Waals surface area contributed by atoms with Crippen LogP contribution in [-0.4, -0.2) is 53.3 Å². The summed E-state index contributed by atoms with van der Waals surface area (Å²) >= 11 is 0. The fraction of sp³-hybridized carbons (Fsp3) is 0.583. The van der Waals surface area contributed by atoms with Gasteiger partial charge in [-0.3, -0.25) is 14.4 Å². The van der Waals surface area contributed by atoms with E-state index in [1.54, 1.807) is 44.2 Å². The number of esters is 3. The maximum Gasteiger partial charge on any atom is 0.349 e. The largest absolute Gasteiger partial charge is 0.478 e. The highest BCUT2D eigenvalue weighted by atomic mass is 16.6. The molecule has 1 aromatic rings. The van der Waals surface area contributed by atoms with E-state index in [2.05, 4.69) is 0 Å². The van der Waals surface area contributed by atoms with Gasteiger partial charge in [-0.25, -0.2) is 4.79 Å². The molecule has 0 heterocycles. The molecule has 0 amide bonds. The number of carboxylic acids is 1. The number of carboxylic acid groups (broad SMARTS) is 1. The van der Waals surface area contributed by atoms with Gasteiger partial charge in [-0.2, -0.15) is 0 Å². The summed E-state index contributed by atoms with van der Waals surface area (Å²) in [5.74, 6) is -4.88. The number of ether oxygens (including phenoxy) is 3. The van der Waals surface area contributed by atoms with Gasteiger partial charge in [-0.15, -0.1) is 0 Å². The number of nitrogens with two attached hydrogens (primary N) is 2. The minimum absolute atomic E-state index is 0.0663. The number of rotatable bonds is 14. The number of hydrogen-bond donors (Lipinski definition) is 3. The van der Waals surface area contributed by atoms with Crippen LogP contribution < -0.4 is 11.5 Å². The second kappa shape index (κ2) is 14.3. The SMILES string of the molecule is CCC(C)C(N)C(=O)OC(CC(=O)OCc1ccccc1)C(OC(=O)C(N)C(C)CC)C(=O)O. The van der Waals surface area contributed by atoms with E-state index in [1.165, 1.54) is 0 Å². The Labute approximate surface area is 199 Å². The van der Waals surface area contributed by atoms with Crippen molar-refractivity contribution in [1.82, 2.24) is 0 Å². The van der Waals surface area contributed by atoms with E-state index >= 15 is 0 Å². The minimum atomic E-state index is -1.97. The van der Waals surface area contributed by atoms with Crippen molar-refractivity contribution in [3.8, 4) is 0 Å². The van der Waals surface area contributed by atoms with Crippen LogP contribution in [0.5, 0.6) is 0 Å². The Balaban J connectivity index is 3.05. The van der Waals surface area contributed by atoms with E-state index in [-0.39, 0.29) is 18.4 Å². The van der Waals surface area contributed by atoms with E-state index in [1.807, 2.05) is 13.8 Å². The second-order valence-corrected chi connectivity index (χ2v) is 8.34. The molecule has 0 radical (unpaired) electrons. The summed E-state index contributed by atoms with van der Waals surface area (Å²) in [5, 5.41) is 9.71. The molecule has 0 aliphatic rings. The summed E-state index contributed by atoms with van der Waals surface area (Å²) in [6, 6.07) is 6.69. The molecule has 0 aromatic heterocycles. The van der Waals surface area contributed by atoms with Crippen LogP contribution >= 0.6 is 0 Å². The molecule has 1 aromatic carbocycles. The highest BCUT2D eigenvalue weighted by Gasteiger charge is 2.39. The Hall–Kier alpha value is -2.98. The Kier molecular flexibility index (Phi) is 12.2. The Morgan fingerprint density at radius 3 is 1.85 bits per heavy atom. The number of carbonyl (C=O) groups excluding carboxylic acids is 3. The van der Waals surface area contributed by atoms with Crippen LogP contribution in [0.25, 0.3) is 0 Å². The van der Waals surface area contributed by atoms with E-state index < -0.39 is 54.6 Å². The van der Waals surface area contributed by atoms with Crippen molar-refractivity contribution in [2.45, 2.75) is 77.9 Å². The molecule has 6 unspecified atom stereocenters. The van der Waals surface area contributed by atoms with E-state index in [0.717, 1.165) is 0 Å². The van der Waals surface area contributed by atoms with Gasteiger partial charge in [0.1, 0.15) is 18.7 Å². The van der Waals surface area contributed by atoms with Crippen molar-refractivity contribution >= 4 is 23.9 Å². The van der Waals surface area contributed by atoms with Gasteiger partial charge in [0, 0.05) is 0 Å². The predicted octanol–water partition coefficient (Wildman–Crippen LogP) is 1.77. The molecule has 190 valence electrons. The summed E-state index contributed by atoms with van der Waals surface area (Å²) < 4.78 is 15.6. The summed E-state index contributed by atoms with van der Waals surface area (Å²) in [6.45, 7) is 7.02. The Morgan fingerprint density at radius 2 is 1.38 bits per heavy atom. The smallest absolute Gasteiger partial charge is 0.349 e. The summed E-state index contributed by atoms with van der Waals surface area (Å²) in [4.78, 5) is 49.4. The zero-order chi connectivity index (χ0) is 25.8. The van der Waals surface area contributed by atoms with Gasteiger partial charge in [0.2, 0.25) is 6.10 Å². The van der Waals surface area contributed by atoms with Crippen molar-refractivity contribution in [2.75, 3.05) is 0 Å². The molecule has 6 atom stereocenters. The fourth-order valence-electron chi connectivity index (χ4n) is 2.86. The lowest BCUT2D eigenvalue weighted by Crippen LogP contribution is -2.49. The molecule has 0 aliphatic heterocycles. The van der Waals surface area contributed by atoms with E-state index in [4.69, 9.17) is 25.7 Å². The number of carbonyl (C=O) groups is 4. The van der Waals surface area contributed by atoms with Gasteiger partial charge in [0.05, 0.1) is 6.42 Å². The second-order valence-electron chi connectivity index (χ2n) is 8.34. The molecule has 0 bridgehead atoms. The first-order chi connectivity index (χ1) is 16.0. The van der Waals surface area contributed by atoms with Crippen molar-refractivity contribution < 1.29 is 38.5 Å². The fourth-order valence-corrected chi connectivity index (χ4v) is 2.86. The van der Waals surface area contributed by atoms with Crippen LogP contribution in [0.3, 0.4) is 0 Å². The molecule has 0 aliphatic carbocycles. The first kappa shape index (κ1) is 29.1. The first-order valence-electron chi connectivity index (χ1n) is 11.4. The Morgan fingerprint density at radius 1 is 0.882 bits per heavy atom. The molecule has 34 heavy (non-hydrogen) atoms. The third kappa shape index (κ3) is 9.11. The van der Waals surface area contributed by atoms with E-state index in [0.29, 0.717) is 18.4 Å². The molecule has 0 fully saturated rings. The van der Waals surface area contributed by atoms with Gasteiger partial charge in [-0.05, 0) is 17.4 Å². The third-order valence-electron chi connectivity index (χ3n) is 5.76. The summed E-state index contributed by atoms with van der Waals surface area (Å²) in [6.07, 6.45) is -3.16. The van der Waals surface area contributed by atoms with Gasteiger partial charge in [0.15, 0.2) is 6.10 Å². The van der Waals surface area contributed by atoms with Crippen LogP contribution in [0.2, 0.25) is 0 Å². The first-order valence-corrected chi connectivity index (χ1v) is 11.4. The molecular weight excluding hydrogens is 444 g/mol. The molecule has 0 saturated heterocycles. The maximum atomic E-state index is 12.6. The average molecular weight is 481 g/mol. The topological polar surface area (TPSA) is 168 Å². The van der Waals surface area contributed by atoms with Crippen LogP contribution in [0.15, 0.2) is 30.3 Å². The summed E-state index contributed by atoms with van der Waals surface area (Å²) in [5.41, 5.74) is 12.5. The number of aliphatic carboxylic acids is 1. The summed E-state index contributed by atoms with van der Waals surface area (Å²) in [7, 11) is 0. The third-order valence-corrected chi connectivity index (χ3v) is 5.76. The molecule has 1 rings (SSSR count). The van der Waals surface area contributed by atoms with Crippen molar-refractivity contribution in [1.29, 1.82) is 0 Å². The Bertz CT molecular complexity index is 816. The zero-order valence-electron chi connectivity index (χ0n) is 20.1. The van der Waals surface area contributed by atoms with Gasteiger partial charge in [-0.1, -0.05) is 70.9 Å². The number of benzene rings is 1. The normalized spacial score (nSPS) is 16.3. The van der Waals surface area contributed by atoms with E-state index in [9.17, 15) is 24.3 Å². The molecule has 5 N–H and O–H groups in total. The predicted molar refractivity (Wildman–Crippen MR) is 123 cm³/mol. The molecule has 10 nitrogen and oxygen atoms in total. The van der Waals surface area contributed by atoms with Crippen LogP contribution in [-0.2, 0) is 40.0 Å². The van der Waals surface area contributed by atoms with Crippen molar-refractivity contribution in [2.24, 2.45) is 23.3 Å². The highest BCUT2D eigenvalue weighted by molar-refractivity contribution is 5.83. The average Bonchev–Trinajstić information content (AvgIpc) is 2.83. The molecular formula is C24H36N2O8. The molecule has 0 saturated carbocycles. The van der Waals surface area contributed by atoms with Gasteiger partial charge in [0.25, 0.3) is 0 Å². The van der Waals surface area contributed by atoms with Crippen LogP contribution in [0, 0.1) is 11.8 Å². The van der Waals surface area contributed by atoms with Gasteiger partial charge >= 0.3 is 23.9 Å². The zero-order valence-corrected chi connectivity index (χ0v) is 20.1. The van der Waals surface area contributed by atoms with Crippen LogP contribution in [0.1, 0.15) is 52.5 Å². The van der Waals surface area contributed by atoms with Crippen LogP contribution in [0.4, 0.5) is 0 Å². The number of hydrogen-bond acceptors (Lipinski definition) is 9. The van der Waals surface area contributed by atoms with Crippen molar-refractivity contribution in [3.05, 3.63) is 35.9 Å². The highest BCUT2D eigenvalue weighted by Crippen LogP contribution is 2.17. The minimum Gasteiger partial charge on any atom is -0.478 e. The maximum absolute atomic E-state index is 12.6. The monoisotopic (exact) mass is 480 g/mol. The molecule has 10 heteroatoms. The standard InChI is InChI=1S/C24H36N2O8/c1-5-14(3)19(25)23(30)33-17(12-18(27)32-13-16-10-8-7-9-11-16)21(22(28)29)34-24(31)20(26)15(4)6-2/h7-11,14-15,17,19-21H,5-6,12-13,25-26H2,1-4H3,(H,28,29).